The normalized spacial score (nSPS) is 11.1. The van der Waals surface area contributed by atoms with Crippen LogP contribution in [0, 0.1) is 5.92 Å². The Morgan fingerprint density at radius 2 is 1.86 bits per heavy atom. The first-order valence-electron chi connectivity index (χ1n) is 4.89. The van der Waals surface area contributed by atoms with Gasteiger partial charge in [-0.15, -0.1) is 0 Å². The lowest BCUT2D eigenvalue weighted by molar-refractivity contribution is 0.924. The minimum Gasteiger partial charge on any atom is -0.253 e. The number of hydrogen-bond acceptors (Lipinski definition) is 1. The van der Waals surface area contributed by atoms with E-state index in [1.54, 1.807) is 0 Å². The van der Waals surface area contributed by atoms with E-state index in [1.807, 2.05) is 12.1 Å². The molecule has 0 aliphatic rings. The summed E-state index contributed by atoms with van der Waals surface area (Å²) in [7, 11) is 0. The van der Waals surface area contributed by atoms with Crippen LogP contribution >= 0.6 is 0 Å². The van der Waals surface area contributed by atoms with Gasteiger partial charge in [-0.3, -0.25) is 4.98 Å². The molecule has 0 atom stereocenters. The summed E-state index contributed by atoms with van der Waals surface area (Å²) in [6.45, 7) is 4.27. The van der Waals surface area contributed by atoms with E-state index >= 15 is 0 Å². The van der Waals surface area contributed by atoms with Crippen molar-refractivity contribution in [2.24, 2.45) is 0 Å². The van der Waals surface area contributed by atoms with Crippen molar-refractivity contribution in [3.05, 3.63) is 48.0 Å². The molecule has 0 unspecified atom stereocenters. The van der Waals surface area contributed by atoms with Gasteiger partial charge in [-0.05, 0) is 24.5 Å². The van der Waals surface area contributed by atoms with Crippen LogP contribution in [0.15, 0.2) is 36.4 Å². The highest BCUT2D eigenvalue weighted by molar-refractivity contribution is 5.78. The fourth-order valence-electron chi connectivity index (χ4n) is 1.57. The third-order valence-corrected chi connectivity index (χ3v) is 2.19. The molecule has 0 fully saturated rings. The monoisotopic (exact) mass is 184 g/mol. The van der Waals surface area contributed by atoms with Crippen LogP contribution in [-0.2, 0) is 6.42 Å². The third-order valence-electron chi connectivity index (χ3n) is 2.19. The summed E-state index contributed by atoms with van der Waals surface area (Å²) in [5.74, 6) is 1.40. The average molecular weight is 184 g/mol. The summed E-state index contributed by atoms with van der Waals surface area (Å²) >= 11 is 0. The number of pyridine rings is 1. The lowest BCUT2D eigenvalue weighted by atomic mass is 10.1. The standard InChI is InChI=1S/C13H14N/c1-10(2)9-12-8-7-11-5-3-4-6-13(11)14-12/h3-8H,9H2,1-2H3. The Labute approximate surface area is 84.8 Å². The molecule has 0 saturated carbocycles. The zero-order valence-electron chi connectivity index (χ0n) is 8.62. The van der Waals surface area contributed by atoms with Crippen LogP contribution in [0.1, 0.15) is 19.5 Å². The summed E-state index contributed by atoms with van der Waals surface area (Å²) in [6.07, 6.45) is 0.977. The largest absolute Gasteiger partial charge is 0.253 e. The van der Waals surface area contributed by atoms with Gasteiger partial charge >= 0.3 is 0 Å². The second-order valence-corrected chi connectivity index (χ2v) is 3.88. The number of fused-ring (bicyclic) bond motifs is 1. The Morgan fingerprint density at radius 3 is 2.64 bits per heavy atom. The average Bonchev–Trinajstić information content (AvgIpc) is 2.17. The molecule has 1 nitrogen and oxygen atoms in total. The van der Waals surface area contributed by atoms with Gasteiger partial charge in [0.25, 0.3) is 0 Å². The molecular formula is C13H14N. The first-order valence-corrected chi connectivity index (χ1v) is 4.89. The van der Waals surface area contributed by atoms with Gasteiger partial charge in [0.15, 0.2) is 0 Å². The van der Waals surface area contributed by atoms with Gasteiger partial charge in [-0.1, -0.05) is 38.1 Å². The molecule has 0 spiro atoms. The maximum atomic E-state index is 4.59. The number of benzene rings is 1. The van der Waals surface area contributed by atoms with Crippen molar-refractivity contribution in [3.8, 4) is 0 Å². The van der Waals surface area contributed by atoms with Crippen LogP contribution in [0.25, 0.3) is 10.9 Å². The Bertz CT molecular complexity index is 432. The van der Waals surface area contributed by atoms with E-state index in [2.05, 4.69) is 43.1 Å². The third kappa shape index (κ3) is 1.92. The Kier molecular flexibility index (Phi) is 2.49. The summed E-state index contributed by atoms with van der Waals surface area (Å²) < 4.78 is 0. The molecule has 0 saturated heterocycles. The van der Waals surface area contributed by atoms with Crippen molar-refractivity contribution in [3.63, 3.8) is 0 Å². The molecule has 0 N–H and O–H groups in total. The quantitative estimate of drug-likeness (QED) is 0.697. The molecule has 0 bridgehead atoms. The number of para-hydroxylation sites is 1. The smallest absolute Gasteiger partial charge is 0.0705 e. The molecule has 1 heteroatoms. The van der Waals surface area contributed by atoms with E-state index in [0.717, 1.165) is 17.6 Å². The predicted molar refractivity (Wildman–Crippen MR) is 60.0 cm³/mol. The van der Waals surface area contributed by atoms with Crippen molar-refractivity contribution in [2.45, 2.75) is 20.3 Å². The van der Waals surface area contributed by atoms with E-state index in [0.29, 0.717) is 0 Å². The van der Waals surface area contributed by atoms with Crippen LogP contribution in [0.5, 0.6) is 0 Å². The Morgan fingerprint density at radius 1 is 1.07 bits per heavy atom. The highest BCUT2D eigenvalue weighted by Crippen LogP contribution is 2.14. The van der Waals surface area contributed by atoms with Crippen molar-refractivity contribution >= 4 is 10.9 Å². The maximum absolute atomic E-state index is 4.59. The summed E-state index contributed by atoms with van der Waals surface area (Å²) in [6, 6.07) is 12.5. The van der Waals surface area contributed by atoms with Crippen molar-refractivity contribution in [2.75, 3.05) is 0 Å². The van der Waals surface area contributed by atoms with Gasteiger partial charge in [0.2, 0.25) is 0 Å². The summed E-state index contributed by atoms with van der Waals surface area (Å²) in [4.78, 5) is 4.59. The summed E-state index contributed by atoms with van der Waals surface area (Å²) in [5, 5.41) is 1.21. The molecule has 2 aromatic rings. The van der Waals surface area contributed by atoms with Crippen molar-refractivity contribution in [1.29, 1.82) is 0 Å². The Hall–Kier alpha value is -1.37. The fraction of sp³-hybridized carbons (Fsp3) is 0.231. The molecule has 0 aliphatic heterocycles. The second kappa shape index (κ2) is 3.79. The van der Waals surface area contributed by atoms with E-state index in [4.69, 9.17) is 0 Å². The SMILES string of the molecule is C[C](C)Cc1ccc2ccccc2n1. The fourth-order valence-corrected chi connectivity index (χ4v) is 1.57. The first-order chi connectivity index (χ1) is 6.75. The van der Waals surface area contributed by atoms with E-state index in [1.165, 1.54) is 11.3 Å². The molecule has 0 amide bonds. The zero-order chi connectivity index (χ0) is 9.97. The Balaban J connectivity index is 2.41. The van der Waals surface area contributed by atoms with Crippen LogP contribution in [0.4, 0.5) is 0 Å². The van der Waals surface area contributed by atoms with Crippen LogP contribution in [-0.4, -0.2) is 4.98 Å². The number of nitrogens with zero attached hydrogens (tertiary/aromatic N) is 1. The molecule has 1 aromatic heterocycles. The van der Waals surface area contributed by atoms with E-state index in [-0.39, 0.29) is 0 Å². The minimum absolute atomic E-state index is 0.977. The van der Waals surface area contributed by atoms with Gasteiger partial charge in [-0.2, -0.15) is 0 Å². The maximum Gasteiger partial charge on any atom is 0.0705 e. The zero-order valence-corrected chi connectivity index (χ0v) is 8.62. The second-order valence-electron chi connectivity index (χ2n) is 3.88. The van der Waals surface area contributed by atoms with Crippen LogP contribution < -0.4 is 0 Å². The molecule has 1 radical (unpaired) electrons. The first kappa shape index (κ1) is 9.20. The van der Waals surface area contributed by atoms with Crippen molar-refractivity contribution < 1.29 is 0 Å². The molecule has 1 aromatic carbocycles. The van der Waals surface area contributed by atoms with Crippen LogP contribution in [0.3, 0.4) is 0 Å². The molecule has 1 heterocycles. The molecule has 0 aliphatic carbocycles. The molecular weight excluding hydrogens is 170 g/mol. The van der Waals surface area contributed by atoms with Gasteiger partial charge in [0.05, 0.1) is 5.52 Å². The van der Waals surface area contributed by atoms with Gasteiger partial charge in [-0.25, -0.2) is 0 Å². The van der Waals surface area contributed by atoms with Gasteiger partial charge in [0, 0.05) is 11.1 Å². The van der Waals surface area contributed by atoms with E-state index in [9.17, 15) is 0 Å². The summed E-state index contributed by atoms with van der Waals surface area (Å²) in [5.41, 5.74) is 2.25. The topological polar surface area (TPSA) is 12.9 Å². The predicted octanol–water partition coefficient (Wildman–Crippen LogP) is 3.39. The lowest BCUT2D eigenvalue weighted by Gasteiger charge is -2.04. The molecule has 2 rings (SSSR count). The number of hydrogen-bond donors (Lipinski definition) is 0. The number of rotatable bonds is 2. The minimum atomic E-state index is 0.977. The van der Waals surface area contributed by atoms with Crippen LogP contribution in [0.2, 0.25) is 0 Å². The van der Waals surface area contributed by atoms with Gasteiger partial charge < -0.3 is 0 Å². The lowest BCUT2D eigenvalue weighted by Crippen LogP contribution is -1.95. The van der Waals surface area contributed by atoms with E-state index < -0.39 is 0 Å². The molecule has 71 valence electrons. The van der Waals surface area contributed by atoms with Gasteiger partial charge in [0.1, 0.15) is 0 Å². The van der Waals surface area contributed by atoms with Crippen molar-refractivity contribution in [1.82, 2.24) is 4.98 Å². The molecule has 14 heavy (non-hydrogen) atoms. The number of aromatic nitrogens is 1. The highest BCUT2D eigenvalue weighted by Gasteiger charge is 2.00. The highest BCUT2D eigenvalue weighted by atomic mass is 14.7.